The van der Waals surface area contributed by atoms with Crippen molar-refractivity contribution in [2.45, 2.75) is 13.0 Å². The first-order valence-corrected chi connectivity index (χ1v) is 3.33. The molecule has 0 N–H and O–H groups in total. The quantitative estimate of drug-likeness (QED) is 0.475. The lowest BCUT2D eigenvalue weighted by Gasteiger charge is -2.08. The fraction of sp³-hybridized carbons (Fsp3) is 0.250. The van der Waals surface area contributed by atoms with Crippen molar-refractivity contribution in [3.63, 3.8) is 0 Å². The second-order valence-corrected chi connectivity index (χ2v) is 2.44. The second-order valence-electron chi connectivity index (χ2n) is 2.44. The Kier molecular flexibility index (Phi) is 1.07. The highest BCUT2D eigenvalue weighted by Gasteiger charge is 2.15. The van der Waals surface area contributed by atoms with Gasteiger partial charge in [0, 0.05) is 11.9 Å². The highest BCUT2D eigenvalue weighted by atomic mass is 14.9. The summed E-state index contributed by atoms with van der Waals surface area (Å²) in [6.07, 6.45) is 7.82. The molecule has 0 saturated carbocycles. The van der Waals surface area contributed by atoms with Crippen LogP contribution in [-0.2, 0) is 0 Å². The van der Waals surface area contributed by atoms with Crippen molar-refractivity contribution in [2.75, 3.05) is 0 Å². The summed E-state index contributed by atoms with van der Waals surface area (Å²) in [7, 11) is 0. The van der Waals surface area contributed by atoms with E-state index in [1.807, 2.05) is 31.4 Å². The topological polar surface area (TPSA) is 24.7 Å². The van der Waals surface area contributed by atoms with Crippen LogP contribution in [0, 0.1) is 0 Å². The number of aliphatic imine (C=N–C) groups is 2. The standard InChI is InChI=1S/C8H8N2/c1-6-2-3-7-8(10-6)4-5-9-7/h2-5,8H,1H3. The van der Waals surface area contributed by atoms with Gasteiger partial charge in [-0.3, -0.25) is 9.98 Å². The molecule has 1 atom stereocenters. The predicted octanol–water partition coefficient (Wildman–Crippen LogP) is 1.35. The molecule has 0 saturated heterocycles. The molecule has 0 aromatic heterocycles. The Balaban J connectivity index is 2.39. The molecule has 2 aliphatic heterocycles. The van der Waals surface area contributed by atoms with Gasteiger partial charge in [0.15, 0.2) is 0 Å². The van der Waals surface area contributed by atoms with Gasteiger partial charge in [0.2, 0.25) is 0 Å². The minimum Gasteiger partial charge on any atom is -0.276 e. The number of allylic oxidation sites excluding steroid dienone is 1. The molecule has 2 rings (SSSR count). The summed E-state index contributed by atoms with van der Waals surface area (Å²) in [5, 5.41) is 0. The van der Waals surface area contributed by atoms with Gasteiger partial charge in [-0.15, -0.1) is 0 Å². The lowest BCUT2D eigenvalue weighted by molar-refractivity contribution is 1.10. The fourth-order valence-corrected chi connectivity index (χ4v) is 1.10. The van der Waals surface area contributed by atoms with E-state index in [1.165, 1.54) is 0 Å². The smallest absolute Gasteiger partial charge is 0.112 e. The van der Waals surface area contributed by atoms with Crippen LogP contribution in [0.5, 0.6) is 0 Å². The molecule has 1 unspecified atom stereocenters. The van der Waals surface area contributed by atoms with Crippen LogP contribution in [-0.4, -0.2) is 17.5 Å². The number of dihydropyridines is 1. The van der Waals surface area contributed by atoms with Gasteiger partial charge >= 0.3 is 0 Å². The molecular formula is C8H8N2. The lowest BCUT2D eigenvalue weighted by Crippen LogP contribution is -2.15. The van der Waals surface area contributed by atoms with Crippen molar-refractivity contribution in [1.82, 2.24) is 0 Å². The molecule has 0 amide bonds. The zero-order valence-electron chi connectivity index (χ0n) is 5.78. The molecular weight excluding hydrogens is 124 g/mol. The van der Waals surface area contributed by atoms with Crippen LogP contribution in [0.15, 0.2) is 34.4 Å². The van der Waals surface area contributed by atoms with Crippen molar-refractivity contribution in [2.24, 2.45) is 9.98 Å². The highest BCUT2D eigenvalue weighted by molar-refractivity contribution is 6.11. The Morgan fingerprint density at radius 1 is 1.40 bits per heavy atom. The van der Waals surface area contributed by atoms with E-state index in [9.17, 15) is 0 Å². The maximum atomic E-state index is 4.36. The van der Waals surface area contributed by atoms with Crippen LogP contribution in [0.4, 0.5) is 0 Å². The normalized spacial score (nSPS) is 27.9. The average molecular weight is 132 g/mol. The van der Waals surface area contributed by atoms with Crippen molar-refractivity contribution >= 4 is 11.4 Å². The molecule has 50 valence electrons. The fourth-order valence-electron chi connectivity index (χ4n) is 1.10. The van der Waals surface area contributed by atoms with Gasteiger partial charge in [-0.2, -0.15) is 0 Å². The summed E-state index contributed by atoms with van der Waals surface area (Å²) in [4.78, 5) is 8.49. The first-order chi connectivity index (χ1) is 4.86. The van der Waals surface area contributed by atoms with E-state index < -0.39 is 0 Å². The van der Waals surface area contributed by atoms with E-state index >= 15 is 0 Å². The minimum atomic E-state index is 0.213. The molecule has 0 fully saturated rings. The molecule has 10 heavy (non-hydrogen) atoms. The Bertz CT molecular complexity index is 269. The molecule has 2 aliphatic rings. The van der Waals surface area contributed by atoms with Gasteiger partial charge in [-0.1, -0.05) is 0 Å². The molecule has 2 heteroatoms. The monoisotopic (exact) mass is 132 g/mol. The van der Waals surface area contributed by atoms with Gasteiger partial charge in [0.25, 0.3) is 0 Å². The summed E-state index contributed by atoms with van der Waals surface area (Å²) in [5.41, 5.74) is 2.14. The van der Waals surface area contributed by atoms with Crippen LogP contribution in [0.2, 0.25) is 0 Å². The second kappa shape index (κ2) is 1.90. The van der Waals surface area contributed by atoms with E-state index in [4.69, 9.17) is 0 Å². The highest BCUT2D eigenvalue weighted by Crippen LogP contribution is 2.11. The van der Waals surface area contributed by atoms with Crippen LogP contribution in [0.3, 0.4) is 0 Å². The number of hydrogen-bond acceptors (Lipinski definition) is 2. The average Bonchev–Trinajstić information content (AvgIpc) is 2.33. The van der Waals surface area contributed by atoms with Crippen molar-refractivity contribution < 1.29 is 0 Å². The number of rotatable bonds is 0. The van der Waals surface area contributed by atoms with Crippen molar-refractivity contribution in [1.29, 1.82) is 0 Å². The Labute approximate surface area is 59.7 Å². The zero-order valence-corrected chi connectivity index (χ0v) is 5.78. The van der Waals surface area contributed by atoms with E-state index in [2.05, 4.69) is 9.98 Å². The Hall–Kier alpha value is -1.18. The number of fused-ring (bicyclic) bond motifs is 1. The molecule has 0 bridgehead atoms. The van der Waals surface area contributed by atoms with Gasteiger partial charge < -0.3 is 0 Å². The van der Waals surface area contributed by atoms with Crippen molar-refractivity contribution in [3.05, 3.63) is 24.4 Å². The third-order valence-electron chi connectivity index (χ3n) is 1.63. The first-order valence-electron chi connectivity index (χ1n) is 3.33. The molecule has 0 aromatic rings. The Morgan fingerprint density at radius 2 is 2.30 bits per heavy atom. The van der Waals surface area contributed by atoms with E-state index in [0.717, 1.165) is 11.4 Å². The van der Waals surface area contributed by atoms with E-state index in [-0.39, 0.29) is 6.04 Å². The van der Waals surface area contributed by atoms with Crippen LogP contribution >= 0.6 is 0 Å². The summed E-state index contributed by atoms with van der Waals surface area (Å²) in [6.45, 7) is 2.00. The van der Waals surface area contributed by atoms with Crippen LogP contribution in [0.1, 0.15) is 6.92 Å². The molecule has 0 spiro atoms. The van der Waals surface area contributed by atoms with E-state index in [1.54, 1.807) is 0 Å². The SMILES string of the molecule is CC1=NC2C=CN=C2C=C1. The maximum Gasteiger partial charge on any atom is 0.112 e. The van der Waals surface area contributed by atoms with Crippen LogP contribution < -0.4 is 0 Å². The van der Waals surface area contributed by atoms with Gasteiger partial charge in [-0.05, 0) is 25.2 Å². The summed E-state index contributed by atoms with van der Waals surface area (Å²) < 4.78 is 0. The summed E-state index contributed by atoms with van der Waals surface area (Å²) >= 11 is 0. The third-order valence-corrected chi connectivity index (χ3v) is 1.63. The lowest BCUT2D eigenvalue weighted by atomic mass is 10.1. The third kappa shape index (κ3) is 0.727. The van der Waals surface area contributed by atoms with Gasteiger partial charge in [-0.25, -0.2) is 0 Å². The summed E-state index contributed by atoms with van der Waals surface area (Å²) in [6, 6.07) is 0.213. The molecule has 0 aliphatic carbocycles. The van der Waals surface area contributed by atoms with Gasteiger partial charge in [0.05, 0.1) is 5.71 Å². The first kappa shape index (κ1) is 5.59. The number of nitrogens with zero attached hydrogens (tertiary/aromatic N) is 2. The molecule has 2 nitrogen and oxygen atoms in total. The molecule has 0 radical (unpaired) electrons. The summed E-state index contributed by atoms with van der Waals surface area (Å²) in [5.74, 6) is 0. The maximum absolute atomic E-state index is 4.36. The van der Waals surface area contributed by atoms with Crippen molar-refractivity contribution in [3.8, 4) is 0 Å². The predicted molar refractivity (Wildman–Crippen MR) is 42.6 cm³/mol. The molecule has 0 aromatic carbocycles. The van der Waals surface area contributed by atoms with Gasteiger partial charge in [0.1, 0.15) is 6.04 Å². The van der Waals surface area contributed by atoms with Crippen LogP contribution in [0.25, 0.3) is 0 Å². The Morgan fingerprint density at radius 3 is 3.20 bits per heavy atom. The minimum absolute atomic E-state index is 0.213. The zero-order chi connectivity index (χ0) is 6.97. The number of hydrogen-bond donors (Lipinski definition) is 0. The molecule has 2 heterocycles. The largest absolute Gasteiger partial charge is 0.276 e. The van der Waals surface area contributed by atoms with E-state index in [0.29, 0.717) is 0 Å².